The number of aryl methyl sites for hydroxylation is 1. The van der Waals surface area contributed by atoms with Gasteiger partial charge in [0.2, 0.25) is 0 Å². The number of rotatable bonds is 7. The Morgan fingerprint density at radius 3 is 2.55 bits per heavy atom. The minimum atomic E-state index is -0.481. The van der Waals surface area contributed by atoms with E-state index in [2.05, 4.69) is 0 Å². The van der Waals surface area contributed by atoms with E-state index in [1.165, 1.54) is 0 Å². The van der Waals surface area contributed by atoms with Gasteiger partial charge in [0, 0.05) is 28.5 Å². The summed E-state index contributed by atoms with van der Waals surface area (Å²) in [6.45, 7) is 4.15. The summed E-state index contributed by atoms with van der Waals surface area (Å²) in [5, 5.41) is 1.75. The molecule has 152 valence electrons. The first kappa shape index (κ1) is 21.2. The van der Waals surface area contributed by atoms with Gasteiger partial charge in [-0.05, 0) is 49.6 Å². The van der Waals surface area contributed by atoms with E-state index < -0.39 is 5.63 Å². The van der Waals surface area contributed by atoms with Gasteiger partial charge in [0.05, 0.1) is 11.6 Å². The molecule has 0 amide bonds. The van der Waals surface area contributed by atoms with Crippen LogP contribution in [-0.4, -0.2) is 12.6 Å². The number of hydrogen-bond acceptors (Lipinski definition) is 5. The summed E-state index contributed by atoms with van der Waals surface area (Å²) < 4.78 is 16.2. The SMILES string of the molecule is CCOC(=O)CCc1c(C)c2cc(Cl)c(OCc3ccc(Cl)cc3)cc2oc1=O. The van der Waals surface area contributed by atoms with Crippen LogP contribution >= 0.6 is 23.2 Å². The third-order valence-electron chi connectivity index (χ3n) is 4.53. The predicted octanol–water partition coefficient (Wildman–Crippen LogP) is 5.48. The molecule has 0 bridgehead atoms. The van der Waals surface area contributed by atoms with Crippen LogP contribution in [0.3, 0.4) is 0 Å². The Labute approximate surface area is 178 Å². The molecule has 0 atom stereocenters. The molecule has 0 N–H and O–H groups in total. The Bertz CT molecular complexity index is 1090. The van der Waals surface area contributed by atoms with Gasteiger partial charge in [0.25, 0.3) is 0 Å². The van der Waals surface area contributed by atoms with Crippen molar-refractivity contribution in [3.63, 3.8) is 0 Å². The van der Waals surface area contributed by atoms with E-state index >= 15 is 0 Å². The molecule has 0 aliphatic rings. The van der Waals surface area contributed by atoms with Crippen LogP contribution < -0.4 is 10.4 Å². The third kappa shape index (κ3) is 5.11. The second-order valence-corrected chi connectivity index (χ2v) is 7.34. The fraction of sp³-hybridized carbons (Fsp3) is 0.273. The maximum Gasteiger partial charge on any atom is 0.339 e. The number of ether oxygens (including phenoxy) is 2. The molecule has 0 unspecified atom stereocenters. The number of hydrogen-bond donors (Lipinski definition) is 0. The maximum atomic E-state index is 12.4. The van der Waals surface area contributed by atoms with Crippen molar-refractivity contribution in [3.8, 4) is 5.75 Å². The van der Waals surface area contributed by atoms with Gasteiger partial charge in [-0.2, -0.15) is 0 Å². The largest absolute Gasteiger partial charge is 0.487 e. The molecule has 0 fully saturated rings. The monoisotopic (exact) mass is 434 g/mol. The van der Waals surface area contributed by atoms with Gasteiger partial charge in [0.15, 0.2) is 0 Å². The zero-order valence-electron chi connectivity index (χ0n) is 16.1. The molecule has 29 heavy (non-hydrogen) atoms. The lowest BCUT2D eigenvalue weighted by molar-refractivity contribution is -0.143. The van der Waals surface area contributed by atoms with Gasteiger partial charge in [-0.25, -0.2) is 4.79 Å². The van der Waals surface area contributed by atoms with E-state index in [1.807, 2.05) is 19.1 Å². The normalized spacial score (nSPS) is 10.9. The summed E-state index contributed by atoms with van der Waals surface area (Å²) in [6.07, 6.45) is 0.357. The van der Waals surface area contributed by atoms with Crippen molar-refractivity contribution in [2.24, 2.45) is 0 Å². The summed E-state index contributed by atoms with van der Waals surface area (Å²) >= 11 is 12.3. The van der Waals surface area contributed by atoms with Crippen molar-refractivity contribution < 1.29 is 18.7 Å². The van der Waals surface area contributed by atoms with Crippen molar-refractivity contribution in [1.29, 1.82) is 0 Å². The van der Waals surface area contributed by atoms with Crippen LogP contribution in [0.4, 0.5) is 0 Å². The molecular formula is C22H20Cl2O5. The standard InChI is InChI=1S/C22H20Cl2O5/c1-3-27-21(25)9-8-16-13(2)17-10-18(24)20(11-19(17)29-22(16)26)28-12-14-4-6-15(23)7-5-14/h4-7,10-11H,3,8-9,12H2,1-2H3. The molecule has 5 nitrogen and oxygen atoms in total. The molecule has 0 aliphatic heterocycles. The summed E-state index contributed by atoms with van der Waals surface area (Å²) in [5.41, 5.74) is 1.99. The van der Waals surface area contributed by atoms with E-state index in [1.54, 1.807) is 31.2 Å². The highest BCUT2D eigenvalue weighted by Gasteiger charge is 2.16. The number of fused-ring (bicyclic) bond motifs is 1. The van der Waals surface area contributed by atoms with E-state index in [0.717, 1.165) is 11.1 Å². The summed E-state index contributed by atoms with van der Waals surface area (Å²) in [7, 11) is 0. The zero-order chi connectivity index (χ0) is 21.0. The van der Waals surface area contributed by atoms with Crippen LogP contribution in [-0.2, 0) is 22.6 Å². The number of benzene rings is 2. The number of carbonyl (C=O) groups is 1. The van der Waals surface area contributed by atoms with Gasteiger partial charge < -0.3 is 13.9 Å². The van der Waals surface area contributed by atoms with E-state index in [-0.39, 0.29) is 18.8 Å². The predicted molar refractivity (Wildman–Crippen MR) is 113 cm³/mol. The first-order valence-corrected chi connectivity index (χ1v) is 9.93. The molecule has 0 aliphatic carbocycles. The van der Waals surface area contributed by atoms with Crippen LogP contribution in [0.5, 0.6) is 5.75 Å². The Kier molecular flexibility index (Phi) is 6.83. The molecule has 1 aromatic heterocycles. The molecular weight excluding hydrogens is 415 g/mol. The number of halogens is 2. The van der Waals surface area contributed by atoms with Gasteiger partial charge in [-0.15, -0.1) is 0 Å². The highest BCUT2D eigenvalue weighted by Crippen LogP contribution is 2.32. The molecule has 2 aromatic carbocycles. The van der Waals surface area contributed by atoms with Crippen LogP contribution in [0, 0.1) is 6.92 Å². The minimum absolute atomic E-state index is 0.112. The molecule has 0 saturated heterocycles. The lowest BCUT2D eigenvalue weighted by atomic mass is 10.0. The fourth-order valence-electron chi connectivity index (χ4n) is 2.99. The van der Waals surface area contributed by atoms with E-state index in [9.17, 15) is 9.59 Å². The molecule has 7 heteroatoms. The van der Waals surface area contributed by atoms with Gasteiger partial charge in [-0.1, -0.05) is 35.3 Å². The molecule has 3 rings (SSSR count). The summed E-state index contributed by atoms with van der Waals surface area (Å²) in [6, 6.07) is 10.6. The molecule has 3 aromatic rings. The lowest BCUT2D eigenvalue weighted by Crippen LogP contribution is -2.13. The molecule has 1 heterocycles. The second-order valence-electron chi connectivity index (χ2n) is 6.49. The van der Waals surface area contributed by atoms with E-state index in [4.69, 9.17) is 37.1 Å². The second kappa shape index (κ2) is 9.33. The quantitative estimate of drug-likeness (QED) is 0.363. The van der Waals surface area contributed by atoms with Gasteiger partial charge in [-0.3, -0.25) is 4.79 Å². The molecule has 0 saturated carbocycles. The van der Waals surface area contributed by atoms with Crippen molar-refractivity contribution in [2.45, 2.75) is 33.3 Å². The highest BCUT2D eigenvalue weighted by atomic mass is 35.5. The Morgan fingerprint density at radius 1 is 1.14 bits per heavy atom. The fourth-order valence-corrected chi connectivity index (χ4v) is 3.34. The Morgan fingerprint density at radius 2 is 1.86 bits per heavy atom. The Hall–Kier alpha value is -2.50. The third-order valence-corrected chi connectivity index (χ3v) is 5.08. The average molecular weight is 435 g/mol. The topological polar surface area (TPSA) is 65.7 Å². The maximum absolute atomic E-state index is 12.4. The zero-order valence-corrected chi connectivity index (χ0v) is 17.6. The van der Waals surface area contributed by atoms with Gasteiger partial charge >= 0.3 is 11.6 Å². The van der Waals surface area contributed by atoms with Crippen LogP contribution in [0.2, 0.25) is 10.0 Å². The Balaban J connectivity index is 1.85. The van der Waals surface area contributed by atoms with Crippen molar-refractivity contribution in [3.05, 3.63) is 73.6 Å². The summed E-state index contributed by atoms with van der Waals surface area (Å²) in [4.78, 5) is 24.0. The van der Waals surface area contributed by atoms with Crippen molar-refractivity contribution in [1.82, 2.24) is 0 Å². The first-order chi connectivity index (χ1) is 13.9. The lowest BCUT2D eigenvalue weighted by Gasteiger charge is -2.12. The summed E-state index contributed by atoms with van der Waals surface area (Å²) in [5.74, 6) is 0.0614. The van der Waals surface area contributed by atoms with Gasteiger partial charge in [0.1, 0.15) is 17.9 Å². The minimum Gasteiger partial charge on any atom is -0.487 e. The van der Waals surface area contributed by atoms with Crippen LogP contribution in [0.1, 0.15) is 30.0 Å². The molecule has 0 radical (unpaired) electrons. The average Bonchev–Trinajstić information content (AvgIpc) is 2.68. The molecule has 0 spiro atoms. The highest BCUT2D eigenvalue weighted by molar-refractivity contribution is 6.32. The van der Waals surface area contributed by atoms with Crippen LogP contribution in [0.25, 0.3) is 11.0 Å². The van der Waals surface area contributed by atoms with Crippen LogP contribution in [0.15, 0.2) is 45.6 Å². The number of esters is 1. The number of carbonyl (C=O) groups excluding carboxylic acids is 1. The smallest absolute Gasteiger partial charge is 0.339 e. The van der Waals surface area contributed by atoms with E-state index in [0.29, 0.717) is 45.5 Å². The first-order valence-electron chi connectivity index (χ1n) is 9.17. The van der Waals surface area contributed by atoms with Crippen molar-refractivity contribution in [2.75, 3.05) is 6.61 Å². The van der Waals surface area contributed by atoms with Crippen molar-refractivity contribution >= 4 is 40.1 Å².